The Morgan fingerprint density at radius 3 is 2.15 bits per heavy atom. The third kappa shape index (κ3) is 5.46. The van der Waals surface area contributed by atoms with E-state index in [1.807, 2.05) is 6.08 Å². The summed E-state index contributed by atoms with van der Waals surface area (Å²) in [5.74, 6) is 0. The van der Waals surface area contributed by atoms with Gasteiger partial charge in [0.1, 0.15) is 0 Å². The van der Waals surface area contributed by atoms with E-state index in [1.54, 1.807) is 0 Å². The van der Waals surface area contributed by atoms with E-state index in [2.05, 4.69) is 40.3 Å². The second-order valence-corrected chi connectivity index (χ2v) is 3.72. The zero-order valence-electron chi connectivity index (χ0n) is 9.48. The molecule has 0 aliphatic heterocycles. The quantitative estimate of drug-likeness (QED) is 0.538. The zero-order valence-corrected chi connectivity index (χ0v) is 9.48. The van der Waals surface area contributed by atoms with E-state index in [0.717, 1.165) is 6.42 Å². The van der Waals surface area contributed by atoms with Crippen LogP contribution in [0.15, 0.2) is 35.5 Å². The molecule has 0 saturated carbocycles. The summed E-state index contributed by atoms with van der Waals surface area (Å²) in [4.78, 5) is 0. The molecule has 0 aromatic rings. The maximum absolute atomic E-state index is 3.76. The van der Waals surface area contributed by atoms with Crippen molar-refractivity contribution in [3.63, 3.8) is 0 Å². The highest BCUT2D eigenvalue weighted by atomic mass is 14.0. The van der Waals surface area contributed by atoms with E-state index in [0.29, 0.717) is 0 Å². The van der Waals surface area contributed by atoms with Crippen LogP contribution in [-0.4, -0.2) is 0 Å². The van der Waals surface area contributed by atoms with Crippen LogP contribution in [0.2, 0.25) is 0 Å². The van der Waals surface area contributed by atoms with Crippen molar-refractivity contribution in [1.29, 1.82) is 0 Å². The second kappa shape index (κ2) is 6.71. The van der Waals surface area contributed by atoms with Crippen LogP contribution in [0.25, 0.3) is 0 Å². The molecular weight excluding hydrogens is 156 g/mol. The van der Waals surface area contributed by atoms with Gasteiger partial charge >= 0.3 is 0 Å². The Morgan fingerprint density at radius 2 is 1.77 bits per heavy atom. The Hall–Kier alpha value is -0.780. The molecule has 0 unspecified atom stereocenters. The highest BCUT2D eigenvalue weighted by Crippen LogP contribution is 2.16. The lowest BCUT2D eigenvalue weighted by atomic mass is 10.0. The normalized spacial score (nSPS) is 11.2. The van der Waals surface area contributed by atoms with E-state index in [4.69, 9.17) is 0 Å². The fourth-order valence-electron chi connectivity index (χ4n) is 1.15. The summed E-state index contributed by atoms with van der Waals surface area (Å²) < 4.78 is 0. The smallest absolute Gasteiger partial charge is 0.0142 e. The van der Waals surface area contributed by atoms with Gasteiger partial charge in [-0.05, 0) is 47.0 Å². The van der Waals surface area contributed by atoms with Crippen molar-refractivity contribution < 1.29 is 0 Å². The van der Waals surface area contributed by atoms with Crippen LogP contribution in [0.4, 0.5) is 0 Å². The summed E-state index contributed by atoms with van der Waals surface area (Å²) in [5, 5.41) is 0. The highest BCUT2D eigenvalue weighted by molar-refractivity contribution is 5.12. The average Bonchev–Trinajstić information content (AvgIpc) is 2.11. The molecule has 0 radical (unpaired) electrons. The molecule has 0 aliphatic rings. The molecule has 0 nitrogen and oxygen atoms in total. The summed E-state index contributed by atoms with van der Waals surface area (Å²) in [7, 11) is 0. The number of allylic oxidation sites excluding steroid dienone is 5. The first-order chi connectivity index (χ1) is 6.11. The predicted molar refractivity (Wildman–Crippen MR) is 61.9 cm³/mol. The summed E-state index contributed by atoms with van der Waals surface area (Å²) in [5.41, 5.74) is 4.47. The molecule has 13 heavy (non-hydrogen) atoms. The largest absolute Gasteiger partial charge is 0.103 e. The number of hydrogen-bond acceptors (Lipinski definition) is 0. The molecule has 0 rings (SSSR count). The van der Waals surface area contributed by atoms with Crippen molar-refractivity contribution in [3.8, 4) is 0 Å². The van der Waals surface area contributed by atoms with Gasteiger partial charge in [-0.15, -0.1) is 6.58 Å². The summed E-state index contributed by atoms with van der Waals surface area (Å²) in [6, 6.07) is 0. The molecule has 0 atom stereocenters. The van der Waals surface area contributed by atoms with Crippen molar-refractivity contribution >= 4 is 0 Å². The van der Waals surface area contributed by atoms with E-state index >= 15 is 0 Å². The molecule has 74 valence electrons. The van der Waals surface area contributed by atoms with Gasteiger partial charge in [-0.2, -0.15) is 0 Å². The second-order valence-electron chi connectivity index (χ2n) is 3.72. The maximum atomic E-state index is 3.76. The molecule has 0 heteroatoms. The Kier molecular flexibility index (Phi) is 6.30. The number of hydrogen-bond donors (Lipinski definition) is 0. The molecule has 0 spiro atoms. The summed E-state index contributed by atoms with van der Waals surface area (Å²) in [6.07, 6.45) is 7.59. The minimum atomic E-state index is 1.03. The summed E-state index contributed by atoms with van der Waals surface area (Å²) >= 11 is 0. The van der Waals surface area contributed by atoms with Crippen LogP contribution in [0.1, 0.15) is 47.0 Å². The van der Waals surface area contributed by atoms with E-state index in [9.17, 15) is 0 Å². The molecule has 0 aromatic heterocycles. The molecule has 0 heterocycles. The first kappa shape index (κ1) is 12.2. The van der Waals surface area contributed by atoms with Crippen LogP contribution in [0.3, 0.4) is 0 Å². The van der Waals surface area contributed by atoms with Crippen LogP contribution >= 0.6 is 0 Å². The standard InChI is InChI=1S/C13H22/c1-6-8-13(7-2)10-9-12(5)11(3)4/h6-7H,1,8-10H2,2-5H3. The molecule has 0 aliphatic carbocycles. The topological polar surface area (TPSA) is 0 Å². The van der Waals surface area contributed by atoms with Gasteiger partial charge < -0.3 is 0 Å². The minimum Gasteiger partial charge on any atom is -0.103 e. The molecule has 0 N–H and O–H groups in total. The van der Waals surface area contributed by atoms with E-state index < -0.39 is 0 Å². The van der Waals surface area contributed by atoms with Crippen molar-refractivity contribution in [2.45, 2.75) is 47.0 Å². The average molecular weight is 178 g/mol. The van der Waals surface area contributed by atoms with Crippen LogP contribution in [0, 0.1) is 0 Å². The van der Waals surface area contributed by atoms with Crippen LogP contribution in [-0.2, 0) is 0 Å². The predicted octanol–water partition coefficient (Wildman–Crippen LogP) is 4.65. The van der Waals surface area contributed by atoms with E-state index in [-0.39, 0.29) is 0 Å². The first-order valence-electron chi connectivity index (χ1n) is 4.99. The van der Waals surface area contributed by atoms with Gasteiger partial charge in [-0.25, -0.2) is 0 Å². The van der Waals surface area contributed by atoms with Gasteiger partial charge in [0.15, 0.2) is 0 Å². The lowest BCUT2D eigenvalue weighted by molar-refractivity contribution is 0.882. The van der Waals surface area contributed by atoms with Crippen molar-refractivity contribution in [2.75, 3.05) is 0 Å². The third-order valence-corrected chi connectivity index (χ3v) is 2.49. The molecular formula is C13H22. The van der Waals surface area contributed by atoms with Crippen molar-refractivity contribution in [3.05, 3.63) is 35.5 Å². The number of rotatable bonds is 5. The monoisotopic (exact) mass is 178 g/mol. The van der Waals surface area contributed by atoms with Gasteiger partial charge in [0.05, 0.1) is 0 Å². The Balaban J connectivity index is 4.01. The molecule has 0 aromatic carbocycles. The molecule has 0 fully saturated rings. The zero-order chi connectivity index (χ0) is 10.3. The maximum Gasteiger partial charge on any atom is -0.0142 e. The van der Waals surface area contributed by atoms with Crippen LogP contribution < -0.4 is 0 Å². The van der Waals surface area contributed by atoms with Crippen molar-refractivity contribution in [2.24, 2.45) is 0 Å². The van der Waals surface area contributed by atoms with Gasteiger partial charge in [0, 0.05) is 0 Å². The third-order valence-electron chi connectivity index (χ3n) is 2.49. The van der Waals surface area contributed by atoms with Crippen LogP contribution in [0.5, 0.6) is 0 Å². The molecule has 0 saturated heterocycles. The van der Waals surface area contributed by atoms with Gasteiger partial charge in [0.2, 0.25) is 0 Å². The van der Waals surface area contributed by atoms with Gasteiger partial charge in [0.25, 0.3) is 0 Å². The van der Waals surface area contributed by atoms with Gasteiger partial charge in [-0.3, -0.25) is 0 Å². The molecule has 0 bridgehead atoms. The fraction of sp³-hybridized carbons (Fsp3) is 0.538. The summed E-state index contributed by atoms with van der Waals surface area (Å²) in [6.45, 7) is 12.4. The minimum absolute atomic E-state index is 1.03. The first-order valence-corrected chi connectivity index (χ1v) is 4.99. The van der Waals surface area contributed by atoms with Gasteiger partial charge in [-0.1, -0.05) is 28.9 Å². The highest BCUT2D eigenvalue weighted by Gasteiger charge is 1.96. The Morgan fingerprint density at radius 1 is 1.15 bits per heavy atom. The van der Waals surface area contributed by atoms with Crippen molar-refractivity contribution in [1.82, 2.24) is 0 Å². The fourth-order valence-corrected chi connectivity index (χ4v) is 1.15. The van der Waals surface area contributed by atoms with E-state index in [1.165, 1.54) is 29.6 Å². The Bertz CT molecular complexity index is 212. The SMILES string of the molecule is C=CCC(=CC)CCC(C)=C(C)C. The lowest BCUT2D eigenvalue weighted by Gasteiger charge is -2.06. The Labute approximate surface area is 83.0 Å². The molecule has 0 amide bonds. The lowest BCUT2D eigenvalue weighted by Crippen LogP contribution is -1.86.